The summed E-state index contributed by atoms with van der Waals surface area (Å²) >= 11 is 0. The molecule has 0 unspecified atom stereocenters. The summed E-state index contributed by atoms with van der Waals surface area (Å²) in [6, 6.07) is 24.0. The monoisotopic (exact) mass is 536 g/mol. The Morgan fingerprint density at radius 1 is 0.816 bits per heavy atom. The third kappa shape index (κ3) is 6.88. The Bertz CT molecular complexity index is 1260. The molecular weight excluding hydrogens is 500 g/mol. The lowest BCUT2D eigenvalue weighted by Crippen LogP contribution is -2.41. The number of ether oxygens (including phenoxy) is 2. The topological polar surface area (TPSA) is 88.1 Å². The van der Waals surface area contributed by atoms with Crippen LogP contribution in [0, 0.1) is 0 Å². The number of nitrogens with zero attached hydrogens (tertiary/aromatic N) is 1. The molecule has 0 aromatic heterocycles. The number of nitrogens with one attached hydrogen (secondary N) is 1. The van der Waals surface area contributed by atoms with Gasteiger partial charge in [0, 0.05) is 25.1 Å². The molecule has 2 aliphatic rings. The normalized spacial score (nSPS) is 22.8. The van der Waals surface area contributed by atoms with Crippen LogP contribution in [-0.4, -0.2) is 44.2 Å². The summed E-state index contributed by atoms with van der Waals surface area (Å²) in [7, 11) is -3.57. The van der Waals surface area contributed by atoms with Crippen molar-refractivity contribution in [1.82, 2.24) is 9.62 Å². The maximum absolute atomic E-state index is 12.6. The van der Waals surface area contributed by atoms with Crippen molar-refractivity contribution < 1.29 is 23.0 Å². The van der Waals surface area contributed by atoms with Gasteiger partial charge >= 0.3 is 0 Å². The molecule has 0 bridgehead atoms. The van der Waals surface area contributed by atoms with Crippen molar-refractivity contribution in [3.63, 3.8) is 0 Å². The van der Waals surface area contributed by atoms with E-state index < -0.39 is 16.3 Å². The lowest BCUT2D eigenvalue weighted by Gasteiger charge is -2.39. The van der Waals surface area contributed by atoms with E-state index in [-0.39, 0.29) is 30.3 Å². The molecular formula is C30H36N2O5S. The fraction of sp³-hybridized carbons (Fsp3) is 0.400. The molecule has 2 N–H and O–H groups in total. The second kappa shape index (κ2) is 12.5. The summed E-state index contributed by atoms with van der Waals surface area (Å²) in [4.78, 5) is 2.74. The lowest BCUT2D eigenvalue weighted by atomic mass is 9.99. The molecule has 5 rings (SSSR count). The zero-order chi connectivity index (χ0) is 26.4. The van der Waals surface area contributed by atoms with Gasteiger partial charge in [0.1, 0.15) is 0 Å². The number of benzene rings is 3. The van der Waals surface area contributed by atoms with Gasteiger partial charge in [0.25, 0.3) is 0 Å². The fourth-order valence-electron chi connectivity index (χ4n) is 5.12. The van der Waals surface area contributed by atoms with Crippen molar-refractivity contribution in [2.24, 2.45) is 0 Å². The van der Waals surface area contributed by atoms with Gasteiger partial charge in [-0.25, -0.2) is 13.1 Å². The largest absolute Gasteiger partial charge is 0.392 e. The smallest absolute Gasteiger partial charge is 0.240 e. The number of aliphatic hydroxyl groups excluding tert-OH is 1. The van der Waals surface area contributed by atoms with Crippen molar-refractivity contribution in [3.05, 3.63) is 101 Å². The molecule has 0 spiro atoms. The molecule has 2 fully saturated rings. The maximum Gasteiger partial charge on any atom is 0.240 e. The summed E-state index contributed by atoms with van der Waals surface area (Å²) < 4.78 is 40.7. The van der Waals surface area contributed by atoms with Gasteiger partial charge in [-0.2, -0.15) is 0 Å². The molecule has 2 heterocycles. The van der Waals surface area contributed by atoms with Crippen molar-refractivity contribution >= 4 is 10.0 Å². The van der Waals surface area contributed by atoms with Crippen LogP contribution in [0.3, 0.4) is 0 Å². The highest BCUT2D eigenvalue weighted by Gasteiger charge is 2.33. The van der Waals surface area contributed by atoms with Crippen LogP contribution in [0.15, 0.2) is 83.8 Å². The van der Waals surface area contributed by atoms with Crippen molar-refractivity contribution in [2.75, 3.05) is 19.6 Å². The van der Waals surface area contributed by atoms with Crippen molar-refractivity contribution in [1.29, 1.82) is 0 Å². The Hall–Kier alpha value is -2.59. The minimum atomic E-state index is -3.57. The maximum atomic E-state index is 12.6. The number of hydrogen-bond donors (Lipinski definition) is 2. The summed E-state index contributed by atoms with van der Waals surface area (Å²) in [6.07, 6.45) is 3.92. The summed E-state index contributed by atoms with van der Waals surface area (Å²) in [5.41, 5.74) is 3.71. The molecule has 2 saturated heterocycles. The van der Waals surface area contributed by atoms with E-state index in [2.05, 4.69) is 9.62 Å². The second-order valence-corrected chi connectivity index (χ2v) is 11.9. The van der Waals surface area contributed by atoms with E-state index in [4.69, 9.17) is 9.47 Å². The number of likely N-dealkylation sites (tertiary alicyclic amines) is 1. The van der Waals surface area contributed by atoms with E-state index in [1.165, 1.54) is 19.3 Å². The zero-order valence-corrected chi connectivity index (χ0v) is 22.4. The highest BCUT2D eigenvalue weighted by molar-refractivity contribution is 7.89. The third-order valence-corrected chi connectivity index (χ3v) is 8.71. The van der Waals surface area contributed by atoms with Gasteiger partial charge in [-0.15, -0.1) is 0 Å². The van der Waals surface area contributed by atoms with Crippen LogP contribution in [0.2, 0.25) is 0 Å². The van der Waals surface area contributed by atoms with Crippen LogP contribution in [0.1, 0.15) is 60.3 Å². The molecule has 8 heteroatoms. The first-order chi connectivity index (χ1) is 18.5. The van der Waals surface area contributed by atoms with E-state index >= 15 is 0 Å². The summed E-state index contributed by atoms with van der Waals surface area (Å²) in [6.45, 7) is 3.30. The summed E-state index contributed by atoms with van der Waals surface area (Å²) in [5.74, 6) is 0. The van der Waals surface area contributed by atoms with Crippen LogP contribution >= 0.6 is 0 Å². The van der Waals surface area contributed by atoms with E-state index in [1.807, 2.05) is 48.5 Å². The molecule has 7 nitrogen and oxygen atoms in total. The molecule has 3 aromatic carbocycles. The van der Waals surface area contributed by atoms with Crippen LogP contribution < -0.4 is 4.72 Å². The predicted molar refractivity (Wildman–Crippen MR) is 146 cm³/mol. The van der Waals surface area contributed by atoms with Gasteiger partial charge in [0.2, 0.25) is 10.0 Å². The minimum absolute atomic E-state index is 0.0168. The minimum Gasteiger partial charge on any atom is -0.392 e. The molecule has 3 aromatic rings. The average molecular weight is 537 g/mol. The van der Waals surface area contributed by atoms with Crippen LogP contribution in [0.25, 0.3) is 0 Å². The van der Waals surface area contributed by atoms with Crippen LogP contribution in [-0.2, 0) is 32.6 Å². The molecule has 202 valence electrons. The van der Waals surface area contributed by atoms with E-state index in [0.717, 1.165) is 48.3 Å². The Labute approximate surface area is 225 Å². The number of hydrogen-bond acceptors (Lipinski definition) is 6. The Kier molecular flexibility index (Phi) is 8.89. The van der Waals surface area contributed by atoms with Gasteiger partial charge in [0.15, 0.2) is 6.29 Å². The SMILES string of the molecule is O=S(=O)(NCc1ccc([C@H]2O[C@@H](CN3CCCCC3)C[C@@H](c3ccc(CO)cc3)O2)cc1)c1ccccc1. The van der Waals surface area contributed by atoms with Gasteiger partial charge in [-0.1, -0.05) is 73.2 Å². The van der Waals surface area contributed by atoms with E-state index in [0.29, 0.717) is 0 Å². The van der Waals surface area contributed by atoms with Gasteiger partial charge in [0.05, 0.1) is 23.7 Å². The van der Waals surface area contributed by atoms with E-state index in [1.54, 1.807) is 30.3 Å². The average Bonchev–Trinajstić information content (AvgIpc) is 2.97. The first-order valence-corrected chi connectivity index (χ1v) is 14.8. The summed E-state index contributed by atoms with van der Waals surface area (Å²) in [5, 5.41) is 9.42. The molecule has 0 amide bonds. The highest BCUT2D eigenvalue weighted by Crippen LogP contribution is 2.38. The van der Waals surface area contributed by atoms with Crippen molar-refractivity contribution in [2.45, 2.75) is 62.2 Å². The number of rotatable bonds is 9. The lowest BCUT2D eigenvalue weighted by molar-refractivity contribution is -0.253. The first kappa shape index (κ1) is 27.0. The molecule has 38 heavy (non-hydrogen) atoms. The third-order valence-electron chi connectivity index (χ3n) is 7.30. The standard InChI is InChI=1S/C30H36N2O5S/c33-22-24-11-13-25(14-12-24)29-19-27(21-32-17-5-2-6-18-32)36-30(37-29)26-15-9-23(10-16-26)20-31-38(34,35)28-7-3-1-4-8-28/h1,3-4,7-16,27,29-31,33H,2,5-6,17-22H2/t27-,29+,30+/m1/s1. The molecule has 0 aliphatic carbocycles. The quantitative estimate of drug-likeness (QED) is 0.413. The van der Waals surface area contributed by atoms with Gasteiger partial charge < -0.3 is 19.5 Å². The number of aliphatic hydroxyl groups is 1. The Morgan fingerprint density at radius 2 is 1.47 bits per heavy atom. The highest BCUT2D eigenvalue weighted by atomic mass is 32.2. The van der Waals surface area contributed by atoms with Gasteiger partial charge in [-0.05, 0) is 54.8 Å². The second-order valence-electron chi connectivity index (χ2n) is 10.1. The van der Waals surface area contributed by atoms with Gasteiger partial charge in [-0.3, -0.25) is 0 Å². The van der Waals surface area contributed by atoms with Crippen LogP contribution in [0.5, 0.6) is 0 Å². The first-order valence-electron chi connectivity index (χ1n) is 13.4. The Balaban J connectivity index is 1.28. The molecule has 2 aliphatic heterocycles. The van der Waals surface area contributed by atoms with E-state index in [9.17, 15) is 13.5 Å². The van der Waals surface area contributed by atoms with Crippen LogP contribution in [0.4, 0.5) is 0 Å². The zero-order valence-electron chi connectivity index (χ0n) is 21.5. The predicted octanol–water partition coefficient (Wildman–Crippen LogP) is 4.69. The van der Waals surface area contributed by atoms with Crippen molar-refractivity contribution in [3.8, 4) is 0 Å². The Morgan fingerprint density at radius 3 is 2.16 bits per heavy atom. The molecule has 0 saturated carbocycles. The molecule has 3 atom stereocenters. The fourth-order valence-corrected chi connectivity index (χ4v) is 6.16. The number of piperidine rings is 1. The number of sulfonamides is 1. The molecule has 0 radical (unpaired) electrons.